The largest absolute Gasteiger partial charge is 0.281 e. The van der Waals surface area contributed by atoms with Crippen molar-refractivity contribution in [3.63, 3.8) is 0 Å². The maximum absolute atomic E-state index is 11.8. The van der Waals surface area contributed by atoms with Crippen molar-refractivity contribution in [2.75, 3.05) is 6.54 Å². The third kappa shape index (κ3) is 3.77. The minimum absolute atomic E-state index is 0.0696. The van der Waals surface area contributed by atoms with Gasteiger partial charge in [-0.15, -0.1) is 11.6 Å². The molecule has 0 spiro atoms. The van der Waals surface area contributed by atoms with E-state index >= 15 is 0 Å². The highest BCUT2D eigenvalue weighted by atomic mass is 35.5. The van der Waals surface area contributed by atoms with Gasteiger partial charge in [0, 0.05) is 11.9 Å². The van der Waals surface area contributed by atoms with Crippen LogP contribution in [0.4, 0.5) is 0 Å². The predicted octanol–water partition coefficient (Wildman–Crippen LogP) is 1.40. The van der Waals surface area contributed by atoms with Crippen molar-refractivity contribution in [1.82, 2.24) is 14.9 Å². The van der Waals surface area contributed by atoms with Gasteiger partial charge in [-0.2, -0.15) is 5.10 Å². The molecule has 1 rings (SSSR count). The molecule has 0 aliphatic heterocycles. The fourth-order valence-electron chi connectivity index (χ4n) is 1.28. The van der Waals surface area contributed by atoms with Crippen LogP contribution in [0.5, 0.6) is 0 Å². The Bertz CT molecular complexity index is 428. The van der Waals surface area contributed by atoms with E-state index in [4.69, 9.17) is 11.6 Å². The van der Waals surface area contributed by atoms with Crippen LogP contribution in [0.3, 0.4) is 0 Å². The van der Waals surface area contributed by atoms with Gasteiger partial charge in [0.15, 0.2) is 0 Å². The number of aromatic nitrogens is 2. The van der Waals surface area contributed by atoms with Crippen LogP contribution < -0.4 is 4.72 Å². The zero-order valence-electron chi connectivity index (χ0n) is 9.33. The van der Waals surface area contributed by atoms with E-state index in [1.54, 1.807) is 6.92 Å². The van der Waals surface area contributed by atoms with E-state index in [0.717, 1.165) is 12.8 Å². The number of rotatable bonds is 6. The zero-order valence-corrected chi connectivity index (χ0v) is 10.9. The lowest BCUT2D eigenvalue weighted by molar-refractivity contribution is 0.575. The third-order valence-corrected chi connectivity index (χ3v) is 3.94. The maximum Gasteiger partial charge on any atom is 0.243 e. The van der Waals surface area contributed by atoms with Crippen molar-refractivity contribution in [3.05, 3.63) is 11.9 Å². The number of H-pyrrole nitrogens is 1. The Balaban J connectivity index is 2.51. The van der Waals surface area contributed by atoms with E-state index in [2.05, 4.69) is 14.9 Å². The maximum atomic E-state index is 11.8. The Labute approximate surface area is 101 Å². The van der Waals surface area contributed by atoms with E-state index in [-0.39, 0.29) is 10.3 Å². The van der Waals surface area contributed by atoms with Crippen LogP contribution in [0, 0.1) is 6.92 Å². The fraction of sp³-hybridized carbons (Fsp3) is 0.667. The van der Waals surface area contributed by atoms with Gasteiger partial charge in [0.05, 0.1) is 11.9 Å². The molecule has 1 heterocycles. The number of nitrogens with one attached hydrogen (secondary N) is 2. The summed E-state index contributed by atoms with van der Waals surface area (Å²) in [6, 6.07) is 0. The Kier molecular flexibility index (Phi) is 4.76. The first kappa shape index (κ1) is 13.5. The van der Waals surface area contributed by atoms with Crippen molar-refractivity contribution in [1.29, 1.82) is 0 Å². The molecular weight excluding hydrogens is 250 g/mol. The van der Waals surface area contributed by atoms with Crippen molar-refractivity contribution >= 4 is 21.6 Å². The summed E-state index contributed by atoms with van der Waals surface area (Å²) in [6.45, 7) is 3.95. The minimum atomic E-state index is -3.43. The van der Waals surface area contributed by atoms with Crippen molar-refractivity contribution < 1.29 is 8.42 Å². The number of hydrogen-bond donors (Lipinski definition) is 2. The normalized spacial score (nSPS) is 13.9. The molecule has 92 valence electrons. The molecular formula is C9H16ClN3O2S. The molecule has 2 N–H and O–H groups in total. The first-order valence-corrected chi connectivity index (χ1v) is 6.99. The molecule has 0 aromatic carbocycles. The molecule has 0 saturated carbocycles. The molecule has 0 aliphatic carbocycles. The van der Waals surface area contributed by atoms with Gasteiger partial charge in [0.1, 0.15) is 4.90 Å². The molecule has 1 aromatic heterocycles. The second-order valence-corrected chi connectivity index (χ2v) is 6.16. The number of hydrogen-bond acceptors (Lipinski definition) is 3. The average Bonchev–Trinajstić information content (AvgIpc) is 2.59. The molecule has 0 amide bonds. The molecule has 0 aliphatic rings. The summed E-state index contributed by atoms with van der Waals surface area (Å²) in [5.41, 5.74) is 0.540. The second-order valence-electron chi connectivity index (χ2n) is 3.68. The fourth-order valence-corrected chi connectivity index (χ4v) is 2.64. The van der Waals surface area contributed by atoms with Crippen LogP contribution in [0.1, 0.15) is 25.5 Å². The Morgan fingerprint density at radius 1 is 1.62 bits per heavy atom. The highest BCUT2D eigenvalue weighted by Crippen LogP contribution is 2.11. The van der Waals surface area contributed by atoms with Crippen molar-refractivity contribution in [2.45, 2.75) is 37.0 Å². The molecule has 1 atom stereocenters. The van der Waals surface area contributed by atoms with Crippen LogP contribution in [0.25, 0.3) is 0 Å². The predicted molar refractivity (Wildman–Crippen MR) is 63.1 cm³/mol. The topological polar surface area (TPSA) is 74.8 Å². The standard InChI is InChI=1S/C9H16ClN3O2S/c1-7(10)4-3-5-12-16(14,15)9-6-11-13-8(9)2/h6-7,12H,3-5H2,1-2H3,(H,11,13). The first-order valence-electron chi connectivity index (χ1n) is 5.07. The monoisotopic (exact) mass is 265 g/mol. The smallest absolute Gasteiger partial charge is 0.243 e. The lowest BCUT2D eigenvalue weighted by atomic mass is 10.2. The van der Waals surface area contributed by atoms with Crippen LogP contribution in [0.15, 0.2) is 11.1 Å². The summed E-state index contributed by atoms with van der Waals surface area (Å²) in [7, 11) is -3.43. The molecule has 5 nitrogen and oxygen atoms in total. The van der Waals surface area contributed by atoms with Gasteiger partial charge in [0.25, 0.3) is 0 Å². The molecule has 16 heavy (non-hydrogen) atoms. The number of nitrogens with zero attached hydrogens (tertiary/aromatic N) is 1. The Morgan fingerprint density at radius 3 is 2.81 bits per heavy atom. The van der Waals surface area contributed by atoms with E-state index in [1.807, 2.05) is 6.92 Å². The number of aryl methyl sites for hydroxylation is 1. The van der Waals surface area contributed by atoms with Gasteiger partial charge in [-0.25, -0.2) is 13.1 Å². The summed E-state index contributed by atoms with van der Waals surface area (Å²) < 4.78 is 26.0. The number of alkyl halides is 1. The lowest BCUT2D eigenvalue weighted by Gasteiger charge is -2.06. The van der Waals surface area contributed by atoms with Crippen LogP contribution in [0.2, 0.25) is 0 Å². The van der Waals surface area contributed by atoms with E-state index in [9.17, 15) is 8.42 Å². The summed E-state index contributed by atoms with van der Waals surface area (Å²) in [6.07, 6.45) is 2.82. The highest BCUT2D eigenvalue weighted by Gasteiger charge is 2.17. The Morgan fingerprint density at radius 2 is 2.31 bits per heavy atom. The average molecular weight is 266 g/mol. The molecule has 7 heteroatoms. The van der Waals surface area contributed by atoms with Gasteiger partial charge in [0.2, 0.25) is 10.0 Å². The van der Waals surface area contributed by atoms with Gasteiger partial charge in [-0.05, 0) is 26.7 Å². The molecule has 0 saturated heterocycles. The van der Waals surface area contributed by atoms with Crippen LogP contribution in [-0.4, -0.2) is 30.5 Å². The van der Waals surface area contributed by atoms with E-state index < -0.39 is 10.0 Å². The molecule has 1 unspecified atom stereocenters. The zero-order chi connectivity index (χ0) is 12.2. The van der Waals surface area contributed by atoms with Gasteiger partial charge in [-0.1, -0.05) is 0 Å². The van der Waals surface area contributed by atoms with Gasteiger partial charge >= 0.3 is 0 Å². The van der Waals surface area contributed by atoms with Crippen molar-refractivity contribution in [3.8, 4) is 0 Å². The van der Waals surface area contributed by atoms with Crippen LogP contribution >= 0.6 is 11.6 Å². The number of halogens is 1. The van der Waals surface area contributed by atoms with Crippen LogP contribution in [-0.2, 0) is 10.0 Å². The number of sulfonamides is 1. The second kappa shape index (κ2) is 5.65. The molecule has 1 aromatic rings. The minimum Gasteiger partial charge on any atom is -0.281 e. The van der Waals surface area contributed by atoms with E-state index in [1.165, 1.54) is 6.20 Å². The molecule has 0 bridgehead atoms. The molecule has 0 fully saturated rings. The van der Waals surface area contributed by atoms with Crippen molar-refractivity contribution in [2.24, 2.45) is 0 Å². The quantitative estimate of drug-likeness (QED) is 0.603. The lowest BCUT2D eigenvalue weighted by Crippen LogP contribution is -2.25. The first-order chi connectivity index (χ1) is 7.43. The third-order valence-electron chi connectivity index (χ3n) is 2.14. The Hall–Kier alpha value is -0.590. The summed E-state index contributed by atoms with van der Waals surface area (Å²) >= 11 is 5.76. The SMILES string of the molecule is Cc1[nH]ncc1S(=O)(=O)NCCCC(C)Cl. The highest BCUT2D eigenvalue weighted by molar-refractivity contribution is 7.89. The molecule has 0 radical (unpaired) electrons. The number of aromatic amines is 1. The summed E-state index contributed by atoms with van der Waals surface area (Å²) in [5.74, 6) is 0. The van der Waals surface area contributed by atoms with E-state index in [0.29, 0.717) is 12.2 Å². The van der Waals surface area contributed by atoms with Gasteiger partial charge < -0.3 is 0 Å². The summed E-state index contributed by atoms with van der Waals surface area (Å²) in [5, 5.41) is 6.34. The summed E-state index contributed by atoms with van der Waals surface area (Å²) in [4.78, 5) is 0.200. The van der Waals surface area contributed by atoms with Gasteiger partial charge in [-0.3, -0.25) is 5.10 Å².